The van der Waals surface area contributed by atoms with E-state index < -0.39 is 0 Å². The fraction of sp³-hybridized carbons (Fsp3) is 0.650. The van der Waals surface area contributed by atoms with Gasteiger partial charge in [0.1, 0.15) is 18.8 Å². The Hall–Kier alpha value is -0.880. The number of rotatable bonds is 2. The molecule has 1 aliphatic heterocycles. The summed E-state index contributed by atoms with van der Waals surface area (Å²) in [5, 5.41) is 0.634. The van der Waals surface area contributed by atoms with E-state index >= 15 is 0 Å². The summed E-state index contributed by atoms with van der Waals surface area (Å²) in [6, 6.07) is 4.60. The van der Waals surface area contributed by atoms with Crippen LogP contribution in [0.3, 0.4) is 0 Å². The van der Waals surface area contributed by atoms with Crippen molar-refractivity contribution in [1.29, 1.82) is 0 Å². The predicted octanol–water partition coefficient (Wildman–Crippen LogP) is 5.59. The highest BCUT2D eigenvalue weighted by Crippen LogP contribution is 2.61. The van der Waals surface area contributed by atoms with Gasteiger partial charge in [-0.25, -0.2) is 9.25 Å². The van der Waals surface area contributed by atoms with Gasteiger partial charge in [-0.3, -0.25) is 0 Å². The first kappa shape index (κ1) is 18.5. The molecule has 1 heterocycles. The quantitative estimate of drug-likeness (QED) is 0.505. The highest BCUT2D eigenvalue weighted by atomic mass is 31.1. The second kappa shape index (κ2) is 6.20. The Morgan fingerprint density at radius 2 is 1.39 bits per heavy atom. The van der Waals surface area contributed by atoms with Crippen LogP contribution in [0.2, 0.25) is 0 Å². The lowest BCUT2D eigenvalue weighted by molar-refractivity contribution is -0.425. The van der Waals surface area contributed by atoms with Gasteiger partial charge in [0.2, 0.25) is 6.34 Å². The molecular weight excluding hydrogens is 299 g/mol. The largest absolute Gasteiger partial charge is 0.245 e. The lowest BCUT2D eigenvalue weighted by Gasteiger charge is -2.40. The van der Waals surface area contributed by atoms with E-state index in [0.717, 1.165) is 13.1 Å². The Bertz CT molecular complexity index is 581. The molecule has 2 nitrogen and oxygen atoms in total. The molecule has 0 saturated carbocycles. The third-order valence-corrected chi connectivity index (χ3v) is 7.65. The van der Waals surface area contributed by atoms with Crippen LogP contribution in [0.1, 0.15) is 58.2 Å². The van der Waals surface area contributed by atoms with Crippen molar-refractivity contribution >= 4 is 20.1 Å². The van der Waals surface area contributed by atoms with Crippen LogP contribution in [-0.4, -0.2) is 39.0 Å². The van der Waals surface area contributed by atoms with E-state index in [2.05, 4.69) is 90.0 Å². The summed E-state index contributed by atoms with van der Waals surface area (Å²) in [6.45, 7) is 23.2. The molecule has 0 unspecified atom stereocenters. The summed E-state index contributed by atoms with van der Waals surface area (Å²) in [5.74, 6) is 0. The maximum Gasteiger partial charge on any atom is 0.241 e. The molecule has 1 aliphatic rings. The molecule has 0 fully saturated rings. The van der Waals surface area contributed by atoms with Crippen LogP contribution in [0.5, 0.6) is 0 Å². The number of hydrogen-bond donors (Lipinski definition) is 0. The molecule has 0 atom stereocenters. The molecule has 0 bridgehead atoms. The maximum absolute atomic E-state index is 2.63. The molecule has 0 amide bonds. The van der Waals surface area contributed by atoms with Gasteiger partial charge >= 0.3 is 0 Å². The average molecular weight is 333 g/mol. The van der Waals surface area contributed by atoms with Gasteiger partial charge in [-0.05, 0) is 31.9 Å². The Balaban J connectivity index is 2.41. The van der Waals surface area contributed by atoms with Gasteiger partial charge in [0, 0.05) is 10.3 Å². The van der Waals surface area contributed by atoms with Crippen molar-refractivity contribution in [2.45, 2.75) is 72.6 Å². The third kappa shape index (κ3) is 3.97. The zero-order valence-electron chi connectivity index (χ0n) is 16.5. The summed E-state index contributed by atoms with van der Waals surface area (Å²) >= 11 is 0. The van der Waals surface area contributed by atoms with Crippen LogP contribution in [0.25, 0.3) is 0 Å². The van der Waals surface area contributed by atoms with Crippen molar-refractivity contribution < 1.29 is 4.58 Å². The summed E-state index contributed by atoms with van der Waals surface area (Å²) in [7, 11) is -0.250. The highest BCUT2D eigenvalue weighted by molar-refractivity contribution is 7.59. The monoisotopic (exact) mass is 333 g/mol. The molecule has 1 aromatic rings. The minimum absolute atomic E-state index is 0.250. The minimum atomic E-state index is -0.250. The van der Waals surface area contributed by atoms with E-state index in [1.54, 1.807) is 0 Å². The van der Waals surface area contributed by atoms with Crippen LogP contribution in [0.15, 0.2) is 12.1 Å². The first-order chi connectivity index (χ1) is 10.4. The Labute approximate surface area is 144 Å². The van der Waals surface area contributed by atoms with E-state index in [9.17, 15) is 0 Å². The summed E-state index contributed by atoms with van der Waals surface area (Å²) in [6.07, 6.45) is 2.40. The van der Waals surface area contributed by atoms with Crippen molar-refractivity contribution in [2.24, 2.45) is 0 Å². The minimum Gasteiger partial charge on any atom is -0.245 e. The maximum atomic E-state index is 2.63. The Morgan fingerprint density at radius 3 is 1.83 bits per heavy atom. The molecule has 0 spiro atoms. The molecule has 128 valence electrons. The molecule has 0 aliphatic carbocycles. The SMILES string of the molecule is Cc1cc(C)c([N+]2=CN(P(C(C)(C)C)C(C)(C)C)CC2)c(C)c1. The van der Waals surface area contributed by atoms with Gasteiger partial charge in [0.05, 0.1) is 8.07 Å². The number of aryl methyl sites for hydroxylation is 3. The fourth-order valence-corrected chi connectivity index (χ4v) is 8.28. The van der Waals surface area contributed by atoms with Gasteiger partial charge in [-0.2, -0.15) is 0 Å². The van der Waals surface area contributed by atoms with E-state index in [0.29, 0.717) is 10.3 Å². The molecule has 0 aromatic heterocycles. The van der Waals surface area contributed by atoms with E-state index in [-0.39, 0.29) is 8.07 Å². The van der Waals surface area contributed by atoms with Gasteiger partial charge in [-0.15, -0.1) is 0 Å². The molecule has 0 N–H and O–H groups in total. The van der Waals surface area contributed by atoms with Crippen LogP contribution in [-0.2, 0) is 0 Å². The van der Waals surface area contributed by atoms with Crippen LogP contribution in [0.4, 0.5) is 5.69 Å². The van der Waals surface area contributed by atoms with E-state index in [1.165, 1.54) is 22.4 Å². The number of nitrogens with zero attached hydrogens (tertiary/aromatic N) is 2. The zero-order valence-corrected chi connectivity index (χ0v) is 17.4. The zero-order chi connectivity index (χ0) is 17.6. The second-order valence-electron chi connectivity index (χ2n) is 8.87. The smallest absolute Gasteiger partial charge is 0.241 e. The van der Waals surface area contributed by atoms with Crippen molar-refractivity contribution in [2.75, 3.05) is 13.1 Å². The van der Waals surface area contributed by atoms with Crippen LogP contribution < -0.4 is 0 Å². The molecule has 3 heteroatoms. The first-order valence-electron chi connectivity index (χ1n) is 8.67. The fourth-order valence-electron chi connectivity index (χ4n) is 4.21. The summed E-state index contributed by atoms with van der Waals surface area (Å²) < 4.78 is 5.10. The van der Waals surface area contributed by atoms with Crippen molar-refractivity contribution in [3.8, 4) is 0 Å². The second-order valence-corrected chi connectivity index (χ2v) is 12.7. The average Bonchev–Trinajstić information content (AvgIpc) is 2.71. The normalized spacial score (nSPS) is 16.3. The van der Waals surface area contributed by atoms with Crippen molar-refractivity contribution in [1.82, 2.24) is 4.67 Å². The van der Waals surface area contributed by atoms with Gasteiger partial charge < -0.3 is 0 Å². The molecule has 1 aromatic carbocycles. The first-order valence-corrected chi connectivity index (χ1v) is 9.97. The molecule has 2 rings (SSSR count). The Morgan fingerprint density at radius 1 is 0.913 bits per heavy atom. The number of hydrogen-bond acceptors (Lipinski definition) is 1. The van der Waals surface area contributed by atoms with Gasteiger partial charge in [0.15, 0.2) is 0 Å². The lowest BCUT2D eigenvalue weighted by atomic mass is 10.0. The standard InChI is InChI=1S/C20H34N2P/c1-15-12-16(2)18(17(3)13-15)21-10-11-22(14-21)23(19(4,5)6)20(7,8)9/h12-14H,10-11H2,1-9H3/q+1. The predicted molar refractivity (Wildman–Crippen MR) is 105 cm³/mol. The van der Waals surface area contributed by atoms with Crippen molar-refractivity contribution in [3.63, 3.8) is 0 Å². The van der Waals surface area contributed by atoms with E-state index in [4.69, 9.17) is 0 Å². The summed E-state index contributed by atoms with van der Waals surface area (Å²) in [5.41, 5.74) is 5.52. The summed E-state index contributed by atoms with van der Waals surface area (Å²) in [4.78, 5) is 0. The highest BCUT2D eigenvalue weighted by Gasteiger charge is 2.45. The lowest BCUT2D eigenvalue weighted by Crippen LogP contribution is -2.34. The Kier molecular flexibility index (Phi) is 4.98. The van der Waals surface area contributed by atoms with Gasteiger partial charge in [0.25, 0.3) is 0 Å². The van der Waals surface area contributed by atoms with Crippen LogP contribution in [0, 0.1) is 20.8 Å². The third-order valence-electron chi connectivity index (χ3n) is 4.29. The molecule has 0 radical (unpaired) electrons. The van der Waals surface area contributed by atoms with Crippen LogP contribution >= 0.6 is 8.07 Å². The molecular formula is C20H34N2P+. The number of benzene rings is 1. The topological polar surface area (TPSA) is 6.25 Å². The van der Waals surface area contributed by atoms with E-state index in [1.807, 2.05) is 0 Å². The van der Waals surface area contributed by atoms with Gasteiger partial charge in [-0.1, -0.05) is 59.2 Å². The van der Waals surface area contributed by atoms with Crippen molar-refractivity contribution in [3.05, 3.63) is 28.8 Å². The molecule has 0 saturated heterocycles. The molecule has 23 heavy (non-hydrogen) atoms.